The van der Waals surface area contributed by atoms with E-state index in [0.717, 1.165) is 34.7 Å². The van der Waals surface area contributed by atoms with E-state index < -0.39 is 47.0 Å². The van der Waals surface area contributed by atoms with Gasteiger partial charge < -0.3 is 37.2 Å². The molecule has 8 N–H and O–H groups in total. The van der Waals surface area contributed by atoms with E-state index in [4.69, 9.17) is 33.0 Å². The van der Waals surface area contributed by atoms with Crippen molar-refractivity contribution < 1.29 is 38.8 Å². The van der Waals surface area contributed by atoms with Crippen LogP contribution in [0, 0.1) is 0 Å². The number of thiazole rings is 1. The van der Waals surface area contributed by atoms with Crippen LogP contribution in [0.25, 0.3) is 11.2 Å². The summed E-state index contributed by atoms with van der Waals surface area (Å²) in [7, 11) is 1.87. The molecule has 0 aliphatic carbocycles. The molecular formula is C26H30ClN10O7S2+. The van der Waals surface area contributed by atoms with Crippen LogP contribution >= 0.6 is 34.7 Å². The van der Waals surface area contributed by atoms with Crippen LogP contribution in [0.2, 0.25) is 4.34 Å². The Balaban J connectivity index is 1.38. The Labute approximate surface area is 274 Å². The van der Waals surface area contributed by atoms with Gasteiger partial charge in [-0.2, -0.15) is 0 Å². The molecule has 1 unspecified atom stereocenters. The number of β-lactam (4-membered cyclic amide) rings is 1. The van der Waals surface area contributed by atoms with Gasteiger partial charge in [0, 0.05) is 17.9 Å². The van der Waals surface area contributed by atoms with Gasteiger partial charge in [0.15, 0.2) is 10.8 Å². The lowest BCUT2D eigenvalue weighted by Crippen LogP contribution is -2.71. The zero-order valence-electron chi connectivity index (χ0n) is 24.5. The number of imidazole rings is 1. The number of carboxylic acid groups (broad SMARTS) is 2. The molecule has 3 atom stereocenters. The SMILES string of the molecule is CNCCCn1c(N)nc2c1ccc[n+]2CC1=C(C(=O)O)N2C(=O)C(NC(=O)C(=NO[C@@H](C)C(=O)O)c3nc(N)sc3Cl)[C@H]2SC1. The predicted octanol–water partition coefficient (Wildman–Crippen LogP) is -0.160. The molecule has 5 heterocycles. The molecule has 244 valence electrons. The maximum absolute atomic E-state index is 13.4. The highest BCUT2D eigenvalue weighted by molar-refractivity contribution is 8.00. The second-order valence-corrected chi connectivity index (χ2v) is 13.0. The van der Waals surface area contributed by atoms with Crippen LogP contribution in [0.3, 0.4) is 0 Å². The number of aryl methyl sites for hydroxylation is 1. The van der Waals surface area contributed by atoms with Gasteiger partial charge >= 0.3 is 23.5 Å². The number of amides is 2. The largest absolute Gasteiger partial charge is 0.478 e. The first-order chi connectivity index (χ1) is 21.9. The van der Waals surface area contributed by atoms with Crippen molar-refractivity contribution in [2.75, 3.05) is 30.8 Å². The summed E-state index contributed by atoms with van der Waals surface area (Å²) >= 11 is 8.30. The molecule has 1 fully saturated rings. The smallest absolute Gasteiger partial charge is 0.352 e. The van der Waals surface area contributed by atoms with Crippen LogP contribution < -0.4 is 26.7 Å². The van der Waals surface area contributed by atoms with Gasteiger partial charge in [-0.25, -0.2) is 19.1 Å². The molecule has 2 aliphatic rings. The average Bonchev–Trinajstić information content (AvgIpc) is 3.52. The van der Waals surface area contributed by atoms with Crippen molar-refractivity contribution in [1.29, 1.82) is 0 Å². The van der Waals surface area contributed by atoms with Crippen molar-refractivity contribution in [3.63, 3.8) is 0 Å². The number of nitrogens with two attached hydrogens (primary N) is 2. The van der Waals surface area contributed by atoms with Crippen LogP contribution in [-0.4, -0.2) is 96.0 Å². The van der Waals surface area contributed by atoms with E-state index in [-0.39, 0.29) is 33.2 Å². The standard InChI is InChI=1S/C26H29ClN10O7S2/c1-11(23(40)41)44-34-15(14-18(27)46-26(29)32-14)20(38)31-16-21(39)37-17(24(42)43)12(10-45-22(16)37)9-35-7-3-5-13-19(35)33-25(28)36(13)8-4-6-30-2/h3,5,7,11,16,22,28,30H,4,6,8-10H2,1-2H3,(H5,29,31,32,38,40,41,42,43)/p+1/t11-,16?,22+/m0/s1. The average molecular weight is 694 g/mol. The second-order valence-electron chi connectivity index (χ2n) is 10.2. The number of carbonyl (C=O) groups excluding carboxylic acids is 2. The Morgan fingerprint density at radius 1 is 1.30 bits per heavy atom. The van der Waals surface area contributed by atoms with Crippen LogP contribution in [0.15, 0.2) is 34.8 Å². The first kappa shape index (κ1) is 32.9. The van der Waals surface area contributed by atoms with Gasteiger partial charge in [0.1, 0.15) is 39.2 Å². The second kappa shape index (κ2) is 13.5. The van der Waals surface area contributed by atoms with E-state index in [1.807, 2.05) is 23.7 Å². The molecule has 17 nitrogen and oxygen atoms in total. The van der Waals surface area contributed by atoms with Crippen LogP contribution in [0.1, 0.15) is 19.0 Å². The number of carbonyl (C=O) groups is 4. The lowest BCUT2D eigenvalue weighted by atomic mass is 10.0. The summed E-state index contributed by atoms with van der Waals surface area (Å²) in [5.74, 6) is -3.68. The highest BCUT2D eigenvalue weighted by Crippen LogP contribution is 2.40. The van der Waals surface area contributed by atoms with Crippen molar-refractivity contribution in [3.05, 3.63) is 39.6 Å². The van der Waals surface area contributed by atoms with Gasteiger partial charge in [-0.1, -0.05) is 28.1 Å². The summed E-state index contributed by atoms with van der Waals surface area (Å²) in [5.41, 5.74) is 12.9. The molecule has 0 aromatic carbocycles. The third-order valence-corrected chi connectivity index (χ3v) is 9.63. The summed E-state index contributed by atoms with van der Waals surface area (Å²) in [5, 5.41) is 27.9. The molecule has 46 heavy (non-hydrogen) atoms. The number of rotatable bonds is 13. The summed E-state index contributed by atoms with van der Waals surface area (Å²) in [4.78, 5) is 65.0. The molecule has 0 bridgehead atoms. The van der Waals surface area contributed by atoms with Gasteiger partial charge in [0.05, 0.1) is 6.20 Å². The van der Waals surface area contributed by atoms with Gasteiger partial charge in [0.2, 0.25) is 6.10 Å². The molecule has 0 saturated carbocycles. The van der Waals surface area contributed by atoms with Crippen molar-refractivity contribution in [2.24, 2.45) is 5.16 Å². The number of hydrogen-bond donors (Lipinski definition) is 6. The minimum Gasteiger partial charge on any atom is -0.478 e. The number of oxime groups is 1. The summed E-state index contributed by atoms with van der Waals surface area (Å²) in [6, 6.07) is 2.58. The fourth-order valence-corrected chi connectivity index (χ4v) is 7.25. The number of nitrogens with zero attached hydrogens (tertiary/aromatic N) is 6. The van der Waals surface area contributed by atoms with Crippen molar-refractivity contribution >= 4 is 86.4 Å². The van der Waals surface area contributed by atoms with E-state index in [1.165, 1.54) is 18.7 Å². The Morgan fingerprint density at radius 3 is 2.72 bits per heavy atom. The van der Waals surface area contributed by atoms with Crippen LogP contribution in [0.4, 0.5) is 11.1 Å². The van der Waals surface area contributed by atoms with E-state index in [0.29, 0.717) is 23.7 Å². The van der Waals surface area contributed by atoms with Gasteiger partial charge in [-0.15, -0.1) is 11.8 Å². The molecule has 3 aromatic heterocycles. The van der Waals surface area contributed by atoms with E-state index >= 15 is 0 Å². The third kappa shape index (κ3) is 6.30. The molecular weight excluding hydrogens is 664 g/mol. The van der Waals surface area contributed by atoms with E-state index in [1.54, 1.807) is 10.8 Å². The zero-order chi connectivity index (χ0) is 33.3. The third-order valence-electron chi connectivity index (χ3n) is 7.21. The fourth-order valence-electron chi connectivity index (χ4n) is 4.98. The van der Waals surface area contributed by atoms with Crippen molar-refractivity contribution in [1.82, 2.24) is 30.1 Å². The summed E-state index contributed by atoms with van der Waals surface area (Å²) < 4.78 is 3.67. The number of fused-ring (bicyclic) bond motifs is 2. The van der Waals surface area contributed by atoms with Crippen LogP contribution in [-0.2, 0) is 37.1 Å². The number of nitrogens with one attached hydrogen (secondary N) is 2. The molecule has 5 rings (SSSR count). The first-order valence-corrected chi connectivity index (χ1v) is 16.1. The number of anilines is 2. The molecule has 0 spiro atoms. The Morgan fingerprint density at radius 2 is 2.07 bits per heavy atom. The maximum atomic E-state index is 13.4. The number of aliphatic carboxylic acids is 2. The fraction of sp³-hybridized carbons (Fsp3) is 0.385. The maximum Gasteiger partial charge on any atom is 0.352 e. The quantitative estimate of drug-likeness (QED) is 0.0449. The summed E-state index contributed by atoms with van der Waals surface area (Å²) in [6.07, 6.45) is 1.18. The highest BCUT2D eigenvalue weighted by Gasteiger charge is 2.54. The van der Waals surface area contributed by atoms with Crippen molar-refractivity contribution in [3.8, 4) is 0 Å². The molecule has 0 radical (unpaired) electrons. The number of halogens is 1. The highest BCUT2D eigenvalue weighted by atomic mass is 35.5. The monoisotopic (exact) mass is 693 g/mol. The first-order valence-electron chi connectivity index (χ1n) is 13.8. The molecule has 20 heteroatoms. The van der Waals surface area contributed by atoms with Gasteiger partial charge in [0.25, 0.3) is 11.8 Å². The topological polar surface area (TPSA) is 244 Å². The Hall–Kier alpha value is -4.46. The number of aromatic nitrogens is 4. The Kier molecular flexibility index (Phi) is 9.66. The van der Waals surface area contributed by atoms with Crippen molar-refractivity contribution in [2.45, 2.75) is 44.0 Å². The van der Waals surface area contributed by atoms with Gasteiger partial charge in [-0.05, 0) is 44.1 Å². The Bertz CT molecular complexity index is 1790. The number of thioether (sulfide) groups is 1. The number of hydrogen-bond acceptors (Lipinski definition) is 13. The predicted molar refractivity (Wildman–Crippen MR) is 169 cm³/mol. The molecule has 2 amide bonds. The molecule has 2 aliphatic heterocycles. The lowest BCUT2D eigenvalue weighted by molar-refractivity contribution is -0.664. The molecule has 1 saturated heterocycles. The van der Waals surface area contributed by atoms with Gasteiger partial charge in [-0.3, -0.25) is 19.1 Å². The zero-order valence-corrected chi connectivity index (χ0v) is 26.9. The minimum atomic E-state index is -1.42. The minimum absolute atomic E-state index is 0.00982. The normalized spacial score (nSPS) is 18.7. The molecule has 3 aromatic rings. The number of pyridine rings is 1. The van der Waals surface area contributed by atoms with Crippen LogP contribution in [0.5, 0.6) is 0 Å². The lowest BCUT2D eigenvalue weighted by Gasteiger charge is -2.49. The van der Waals surface area contributed by atoms with E-state index in [9.17, 15) is 24.3 Å². The number of nitrogen functional groups attached to an aromatic ring is 2. The number of carboxylic acids is 2. The summed E-state index contributed by atoms with van der Waals surface area (Å²) in [6.45, 7) is 2.77. The van der Waals surface area contributed by atoms with E-state index in [2.05, 4.69) is 25.8 Å².